The zero-order valence-electron chi connectivity index (χ0n) is 11.3. The summed E-state index contributed by atoms with van der Waals surface area (Å²) in [5.41, 5.74) is 0.736. The maximum atomic E-state index is 12.4. The van der Waals surface area contributed by atoms with E-state index < -0.39 is 24.2 Å². The molecule has 8 heteroatoms. The van der Waals surface area contributed by atoms with Crippen molar-refractivity contribution in [3.05, 3.63) is 29.8 Å². The van der Waals surface area contributed by atoms with E-state index in [1.165, 1.54) is 12.1 Å². The van der Waals surface area contributed by atoms with Crippen molar-refractivity contribution in [1.82, 2.24) is 5.32 Å². The molecule has 1 unspecified atom stereocenters. The fourth-order valence-electron chi connectivity index (χ4n) is 1.71. The van der Waals surface area contributed by atoms with Crippen LogP contribution in [0.1, 0.15) is 25.5 Å². The lowest BCUT2D eigenvalue weighted by molar-refractivity contribution is -0.299. The number of hydrogen-bond donors (Lipinski definition) is 1. The van der Waals surface area contributed by atoms with Crippen molar-refractivity contribution in [3.63, 3.8) is 0 Å². The van der Waals surface area contributed by atoms with Crippen LogP contribution in [0, 0.1) is 0 Å². The molecule has 1 N–H and O–H groups in total. The predicted octanol–water partition coefficient (Wildman–Crippen LogP) is 4.23. The van der Waals surface area contributed by atoms with E-state index in [4.69, 9.17) is 0 Å². The molecule has 0 aromatic heterocycles. The number of ether oxygens (including phenoxy) is 1. The van der Waals surface area contributed by atoms with Crippen LogP contribution < -0.4 is 10.1 Å². The average Bonchev–Trinajstić information content (AvgIpc) is 2.34. The van der Waals surface area contributed by atoms with Crippen LogP contribution in [-0.4, -0.2) is 25.0 Å². The van der Waals surface area contributed by atoms with Crippen molar-refractivity contribution in [2.75, 3.05) is 6.54 Å². The largest absolute Gasteiger partial charge is 0.471 e. The first-order valence-electron chi connectivity index (χ1n) is 6.19. The Kier molecular flexibility index (Phi) is 5.49. The minimum Gasteiger partial charge on any atom is -0.471 e. The lowest BCUT2D eigenvalue weighted by Gasteiger charge is -2.24. The molecule has 1 atom stereocenters. The Morgan fingerprint density at radius 1 is 1.00 bits per heavy atom. The van der Waals surface area contributed by atoms with Gasteiger partial charge in [0.05, 0.1) is 0 Å². The number of halogens is 6. The van der Waals surface area contributed by atoms with Gasteiger partial charge in [-0.1, -0.05) is 19.1 Å². The summed E-state index contributed by atoms with van der Waals surface area (Å²) >= 11 is 0. The molecule has 0 bridgehead atoms. The fraction of sp³-hybridized carbons (Fsp3) is 0.538. The van der Waals surface area contributed by atoms with Crippen LogP contribution in [0.25, 0.3) is 0 Å². The number of hydrogen-bond acceptors (Lipinski definition) is 2. The smallest absolute Gasteiger partial charge is 0.434 e. The van der Waals surface area contributed by atoms with E-state index in [1.54, 1.807) is 0 Å². The Balaban J connectivity index is 2.87. The molecule has 21 heavy (non-hydrogen) atoms. The van der Waals surface area contributed by atoms with Gasteiger partial charge in [0.25, 0.3) is 6.10 Å². The molecule has 1 aromatic carbocycles. The quantitative estimate of drug-likeness (QED) is 0.821. The number of nitrogens with one attached hydrogen (secondary N) is 1. The van der Waals surface area contributed by atoms with Crippen molar-refractivity contribution < 1.29 is 31.1 Å². The van der Waals surface area contributed by atoms with Gasteiger partial charge in [-0.15, -0.1) is 0 Å². The lowest BCUT2D eigenvalue weighted by Crippen LogP contribution is -2.46. The molecule has 0 aliphatic heterocycles. The van der Waals surface area contributed by atoms with Gasteiger partial charge in [0.1, 0.15) is 5.75 Å². The zero-order chi connectivity index (χ0) is 16.3. The van der Waals surface area contributed by atoms with E-state index in [0.717, 1.165) is 17.7 Å². The van der Waals surface area contributed by atoms with E-state index in [9.17, 15) is 26.3 Å². The molecule has 120 valence electrons. The topological polar surface area (TPSA) is 21.3 Å². The van der Waals surface area contributed by atoms with Gasteiger partial charge in [0.15, 0.2) is 0 Å². The standard InChI is InChI=1S/C13H15F6NO/c1-3-20-8(2)9-4-6-10(7-5-9)21-11(12(14,15)16)13(17,18)19/h4-8,11,20H,3H2,1-2H3. The molecule has 0 aliphatic rings. The number of alkyl halides is 6. The first-order valence-corrected chi connectivity index (χ1v) is 6.19. The summed E-state index contributed by atoms with van der Waals surface area (Å²) in [7, 11) is 0. The Morgan fingerprint density at radius 3 is 1.86 bits per heavy atom. The lowest BCUT2D eigenvalue weighted by atomic mass is 10.1. The Morgan fingerprint density at radius 2 is 1.48 bits per heavy atom. The third-order valence-electron chi connectivity index (χ3n) is 2.74. The molecule has 2 nitrogen and oxygen atoms in total. The second kappa shape index (κ2) is 6.55. The molecule has 1 aromatic rings. The summed E-state index contributed by atoms with van der Waals surface area (Å²) in [6, 6.07) is 4.96. The summed E-state index contributed by atoms with van der Waals surface area (Å²) in [4.78, 5) is 0. The molecular weight excluding hydrogens is 300 g/mol. The Labute approximate surface area is 118 Å². The van der Waals surface area contributed by atoms with E-state index >= 15 is 0 Å². The van der Waals surface area contributed by atoms with Crippen molar-refractivity contribution >= 4 is 0 Å². The predicted molar refractivity (Wildman–Crippen MR) is 65.1 cm³/mol. The highest BCUT2D eigenvalue weighted by molar-refractivity contribution is 5.29. The molecule has 0 aliphatic carbocycles. The van der Waals surface area contributed by atoms with Crippen LogP contribution in [0.5, 0.6) is 5.75 Å². The second-order valence-corrected chi connectivity index (χ2v) is 4.43. The first-order chi connectivity index (χ1) is 9.55. The molecule has 1 rings (SSSR count). The van der Waals surface area contributed by atoms with Gasteiger partial charge < -0.3 is 10.1 Å². The van der Waals surface area contributed by atoms with E-state index in [2.05, 4.69) is 10.1 Å². The average molecular weight is 315 g/mol. The molecule has 0 saturated heterocycles. The Hall–Kier alpha value is -1.44. The highest BCUT2D eigenvalue weighted by atomic mass is 19.4. The second-order valence-electron chi connectivity index (χ2n) is 4.43. The van der Waals surface area contributed by atoms with Gasteiger partial charge >= 0.3 is 12.4 Å². The van der Waals surface area contributed by atoms with Crippen LogP contribution in [-0.2, 0) is 0 Å². The minimum atomic E-state index is -5.52. The normalized spacial score (nSPS) is 14.3. The fourth-order valence-corrected chi connectivity index (χ4v) is 1.71. The Bertz CT molecular complexity index is 425. The van der Waals surface area contributed by atoms with Crippen LogP contribution in [0.2, 0.25) is 0 Å². The van der Waals surface area contributed by atoms with E-state index in [-0.39, 0.29) is 6.04 Å². The summed E-state index contributed by atoms with van der Waals surface area (Å²) in [6.45, 7) is 4.39. The summed E-state index contributed by atoms with van der Waals surface area (Å²) < 4.78 is 78.2. The van der Waals surface area contributed by atoms with Crippen LogP contribution in [0.15, 0.2) is 24.3 Å². The van der Waals surface area contributed by atoms with Gasteiger partial charge in [0, 0.05) is 6.04 Å². The van der Waals surface area contributed by atoms with Gasteiger partial charge in [-0.25, -0.2) is 0 Å². The zero-order valence-corrected chi connectivity index (χ0v) is 11.3. The monoisotopic (exact) mass is 315 g/mol. The van der Waals surface area contributed by atoms with Crippen LogP contribution >= 0.6 is 0 Å². The van der Waals surface area contributed by atoms with Crippen molar-refractivity contribution in [2.45, 2.75) is 38.3 Å². The minimum absolute atomic E-state index is 0.0647. The summed E-state index contributed by atoms with van der Waals surface area (Å²) in [5.74, 6) is -0.484. The molecule has 0 radical (unpaired) electrons. The van der Waals surface area contributed by atoms with Crippen molar-refractivity contribution in [1.29, 1.82) is 0 Å². The number of benzene rings is 1. The van der Waals surface area contributed by atoms with Crippen molar-refractivity contribution in [2.24, 2.45) is 0 Å². The first kappa shape index (κ1) is 17.6. The highest BCUT2D eigenvalue weighted by Crippen LogP contribution is 2.36. The van der Waals surface area contributed by atoms with Gasteiger partial charge in [-0.2, -0.15) is 26.3 Å². The molecule has 0 spiro atoms. The van der Waals surface area contributed by atoms with Gasteiger partial charge in [-0.3, -0.25) is 0 Å². The van der Waals surface area contributed by atoms with Gasteiger partial charge in [-0.05, 0) is 31.2 Å². The molecule has 0 fully saturated rings. The van der Waals surface area contributed by atoms with Crippen LogP contribution in [0.4, 0.5) is 26.3 Å². The summed E-state index contributed by atoms with van der Waals surface area (Å²) in [6.07, 6.45) is -14.9. The summed E-state index contributed by atoms with van der Waals surface area (Å²) in [5, 5.41) is 3.07. The maximum absolute atomic E-state index is 12.4. The highest BCUT2D eigenvalue weighted by Gasteiger charge is 2.59. The van der Waals surface area contributed by atoms with Gasteiger partial charge in [0.2, 0.25) is 0 Å². The SMILES string of the molecule is CCNC(C)c1ccc(OC(C(F)(F)F)C(F)(F)F)cc1. The molecular formula is C13H15F6NO. The molecule has 0 saturated carbocycles. The van der Waals surface area contributed by atoms with E-state index in [0.29, 0.717) is 6.54 Å². The van der Waals surface area contributed by atoms with Crippen LogP contribution in [0.3, 0.4) is 0 Å². The van der Waals surface area contributed by atoms with E-state index in [1.807, 2.05) is 13.8 Å². The van der Waals surface area contributed by atoms with Crippen molar-refractivity contribution in [3.8, 4) is 5.75 Å². The number of rotatable bonds is 5. The third kappa shape index (κ3) is 5.11. The molecule has 0 amide bonds. The third-order valence-corrected chi connectivity index (χ3v) is 2.74. The maximum Gasteiger partial charge on any atom is 0.434 e. The molecule has 0 heterocycles.